The fourth-order valence-corrected chi connectivity index (χ4v) is 2.52. The zero-order chi connectivity index (χ0) is 10.9. The molecule has 1 unspecified atom stereocenters. The zero-order valence-electron chi connectivity index (χ0n) is 8.14. The molecule has 0 aromatic carbocycles. The molecule has 1 fully saturated rings. The number of nitrogens with zero attached hydrogens (tertiary/aromatic N) is 1. The normalized spacial score (nSPS) is 25.2. The van der Waals surface area contributed by atoms with Gasteiger partial charge in [0.05, 0.1) is 16.4 Å². The molecule has 1 N–H and O–H groups in total. The molecule has 1 saturated heterocycles. The van der Waals surface area contributed by atoms with Crippen molar-refractivity contribution in [3.8, 4) is 12.3 Å². The summed E-state index contributed by atoms with van der Waals surface area (Å²) in [5, 5.41) is 10.8. The maximum Gasteiger partial charge on any atom is 0.160 e. The molecule has 1 atom stereocenters. The fourth-order valence-electron chi connectivity index (χ4n) is 1.68. The predicted octanol–water partition coefficient (Wildman–Crippen LogP) is 1.14. The SMILES string of the molecule is C#CC1(O)CCN(c2ccc(C=O)s2)C1. The highest BCUT2D eigenvalue weighted by Gasteiger charge is 2.34. The van der Waals surface area contributed by atoms with Gasteiger partial charge in [0.25, 0.3) is 0 Å². The molecule has 1 aliphatic rings. The summed E-state index contributed by atoms with van der Waals surface area (Å²) >= 11 is 1.42. The third kappa shape index (κ3) is 1.89. The van der Waals surface area contributed by atoms with Gasteiger partial charge in [0.15, 0.2) is 6.29 Å². The van der Waals surface area contributed by atoms with E-state index in [0.717, 1.165) is 17.8 Å². The third-order valence-corrected chi connectivity index (χ3v) is 3.63. The van der Waals surface area contributed by atoms with Crippen LogP contribution in [-0.4, -0.2) is 30.1 Å². The van der Waals surface area contributed by atoms with Gasteiger partial charge in [-0.25, -0.2) is 0 Å². The lowest BCUT2D eigenvalue weighted by atomic mass is 10.1. The summed E-state index contributed by atoms with van der Waals surface area (Å²) in [5.41, 5.74) is -1.01. The summed E-state index contributed by atoms with van der Waals surface area (Å²) in [6, 6.07) is 3.66. The molecule has 0 bridgehead atoms. The van der Waals surface area contributed by atoms with Crippen molar-refractivity contribution in [1.29, 1.82) is 0 Å². The minimum Gasteiger partial charge on any atom is -0.376 e. The number of aliphatic hydroxyl groups is 1. The van der Waals surface area contributed by atoms with Gasteiger partial charge in [-0.15, -0.1) is 17.8 Å². The van der Waals surface area contributed by atoms with E-state index >= 15 is 0 Å². The average molecular weight is 221 g/mol. The molecule has 1 aromatic heterocycles. The number of carbonyl (C=O) groups is 1. The first-order valence-corrected chi connectivity index (χ1v) is 5.49. The van der Waals surface area contributed by atoms with Crippen LogP contribution in [0.15, 0.2) is 12.1 Å². The topological polar surface area (TPSA) is 40.5 Å². The van der Waals surface area contributed by atoms with Crippen LogP contribution in [0.5, 0.6) is 0 Å². The Kier molecular flexibility index (Phi) is 2.51. The Bertz CT molecular complexity index is 420. The van der Waals surface area contributed by atoms with E-state index in [-0.39, 0.29) is 0 Å². The molecule has 3 nitrogen and oxygen atoms in total. The number of thiophene rings is 1. The van der Waals surface area contributed by atoms with Crippen LogP contribution >= 0.6 is 11.3 Å². The third-order valence-electron chi connectivity index (χ3n) is 2.56. The first kappa shape index (κ1) is 10.2. The monoisotopic (exact) mass is 221 g/mol. The number of terminal acetylenes is 1. The number of hydrogen-bond acceptors (Lipinski definition) is 4. The molecule has 0 spiro atoms. The molecule has 1 aliphatic heterocycles. The van der Waals surface area contributed by atoms with Crippen LogP contribution in [0.1, 0.15) is 16.1 Å². The fraction of sp³-hybridized carbons (Fsp3) is 0.364. The second kappa shape index (κ2) is 3.69. The number of anilines is 1. The predicted molar refractivity (Wildman–Crippen MR) is 60.3 cm³/mol. The molecule has 0 saturated carbocycles. The first-order chi connectivity index (χ1) is 7.17. The van der Waals surface area contributed by atoms with Gasteiger partial charge in [0.2, 0.25) is 0 Å². The molecule has 0 radical (unpaired) electrons. The van der Waals surface area contributed by atoms with Crippen molar-refractivity contribution in [2.75, 3.05) is 18.0 Å². The Balaban J connectivity index is 2.15. The van der Waals surface area contributed by atoms with Crippen molar-refractivity contribution in [3.05, 3.63) is 17.0 Å². The summed E-state index contributed by atoms with van der Waals surface area (Å²) in [5.74, 6) is 2.41. The Morgan fingerprint density at radius 2 is 2.47 bits per heavy atom. The second-order valence-electron chi connectivity index (χ2n) is 3.64. The van der Waals surface area contributed by atoms with Crippen molar-refractivity contribution >= 4 is 22.6 Å². The van der Waals surface area contributed by atoms with Crippen LogP contribution in [0.3, 0.4) is 0 Å². The van der Waals surface area contributed by atoms with Gasteiger partial charge in [-0.3, -0.25) is 4.79 Å². The summed E-state index contributed by atoms with van der Waals surface area (Å²) in [6.07, 6.45) is 6.67. The van der Waals surface area contributed by atoms with E-state index in [1.807, 2.05) is 11.0 Å². The molecular weight excluding hydrogens is 210 g/mol. The van der Waals surface area contributed by atoms with Crippen LogP contribution < -0.4 is 4.90 Å². The number of carbonyl (C=O) groups excluding carboxylic acids is 1. The van der Waals surface area contributed by atoms with Crippen LogP contribution in [0.2, 0.25) is 0 Å². The van der Waals surface area contributed by atoms with E-state index in [1.165, 1.54) is 11.3 Å². The average Bonchev–Trinajstić information content (AvgIpc) is 2.84. The molecular formula is C11H11NO2S. The van der Waals surface area contributed by atoms with Crippen molar-refractivity contribution in [2.45, 2.75) is 12.0 Å². The lowest BCUT2D eigenvalue weighted by Gasteiger charge is -2.18. The van der Waals surface area contributed by atoms with Crippen molar-refractivity contribution in [2.24, 2.45) is 0 Å². The second-order valence-corrected chi connectivity index (χ2v) is 4.74. The Morgan fingerprint density at radius 3 is 3.00 bits per heavy atom. The molecule has 78 valence electrons. The Labute approximate surface area is 92.3 Å². The van der Waals surface area contributed by atoms with Gasteiger partial charge in [-0.05, 0) is 12.1 Å². The lowest BCUT2D eigenvalue weighted by molar-refractivity contribution is 0.112. The van der Waals surface area contributed by atoms with Gasteiger partial charge in [0.1, 0.15) is 5.60 Å². The van der Waals surface area contributed by atoms with E-state index in [9.17, 15) is 9.90 Å². The summed E-state index contributed by atoms with van der Waals surface area (Å²) in [7, 11) is 0. The molecule has 0 amide bonds. The van der Waals surface area contributed by atoms with E-state index < -0.39 is 5.60 Å². The van der Waals surface area contributed by atoms with Gasteiger partial charge in [0, 0.05) is 13.0 Å². The highest BCUT2D eigenvalue weighted by molar-refractivity contribution is 7.17. The molecule has 0 aliphatic carbocycles. The van der Waals surface area contributed by atoms with E-state index in [0.29, 0.717) is 17.8 Å². The maximum absolute atomic E-state index is 10.5. The minimum atomic E-state index is -1.01. The Morgan fingerprint density at radius 1 is 1.67 bits per heavy atom. The minimum absolute atomic E-state index is 0.447. The standard InChI is InChI=1S/C11H11NO2S/c1-2-11(14)5-6-12(8-11)10-4-3-9(7-13)15-10/h1,3-4,7,14H,5-6,8H2. The first-order valence-electron chi connectivity index (χ1n) is 4.67. The van der Waals surface area contributed by atoms with E-state index in [2.05, 4.69) is 5.92 Å². The summed E-state index contributed by atoms with van der Waals surface area (Å²) in [6.45, 7) is 1.18. The van der Waals surface area contributed by atoms with E-state index in [1.54, 1.807) is 6.07 Å². The Hall–Kier alpha value is -1.31. The molecule has 2 rings (SSSR count). The quantitative estimate of drug-likeness (QED) is 0.601. The van der Waals surface area contributed by atoms with Crippen molar-refractivity contribution in [1.82, 2.24) is 0 Å². The lowest BCUT2D eigenvalue weighted by Crippen LogP contribution is -2.30. The molecule has 4 heteroatoms. The zero-order valence-corrected chi connectivity index (χ0v) is 8.96. The summed E-state index contributed by atoms with van der Waals surface area (Å²) < 4.78 is 0. The highest BCUT2D eigenvalue weighted by atomic mass is 32.1. The number of aldehydes is 1. The van der Waals surface area contributed by atoms with Gasteiger partial charge >= 0.3 is 0 Å². The maximum atomic E-state index is 10.5. The molecule has 1 aromatic rings. The molecule has 15 heavy (non-hydrogen) atoms. The van der Waals surface area contributed by atoms with Crippen LogP contribution in [0, 0.1) is 12.3 Å². The largest absolute Gasteiger partial charge is 0.376 e. The van der Waals surface area contributed by atoms with E-state index in [4.69, 9.17) is 6.42 Å². The van der Waals surface area contributed by atoms with Gasteiger partial charge in [-0.1, -0.05) is 5.92 Å². The number of hydrogen-bond donors (Lipinski definition) is 1. The number of β-amino-alcohol motifs (C(OH)–C–C–N with tert-alkyl or cyclic N) is 1. The van der Waals surface area contributed by atoms with Gasteiger partial charge in [-0.2, -0.15) is 0 Å². The van der Waals surface area contributed by atoms with Crippen LogP contribution in [-0.2, 0) is 0 Å². The highest BCUT2D eigenvalue weighted by Crippen LogP contribution is 2.31. The summed E-state index contributed by atoms with van der Waals surface area (Å²) in [4.78, 5) is 13.2. The van der Waals surface area contributed by atoms with Gasteiger partial charge < -0.3 is 10.0 Å². The van der Waals surface area contributed by atoms with Crippen molar-refractivity contribution < 1.29 is 9.90 Å². The van der Waals surface area contributed by atoms with Crippen LogP contribution in [0.25, 0.3) is 0 Å². The molecule has 2 heterocycles. The number of rotatable bonds is 2. The smallest absolute Gasteiger partial charge is 0.160 e. The van der Waals surface area contributed by atoms with Crippen LogP contribution in [0.4, 0.5) is 5.00 Å². The van der Waals surface area contributed by atoms with Crippen molar-refractivity contribution in [3.63, 3.8) is 0 Å².